The zero-order chi connectivity index (χ0) is 9.68. The summed E-state index contributed by atoms with van der Waals surface area (Å²) in [6.45, 7) is 1.96. The van der Waals surface area contributed by atoms with Gasteiger partial charge in [-0.1, -0.05) is 5.92 Å². The zero-order valence-electron chi connectivity index (χ0n) is 7.24. The molecular weight excluding hydrogens is 164 g/mol. The molecule has 3 nitrogen and oxygen atoms in total. The summed E-state index contributed by atoms with van der Waals surface area (Å²) in [6.07, 6.45) is 5.02. The molecule has 0 atom stereocenters. The minimum absolute atomic E-state index is 0.168. The van der Waals surface area contributed by atoms with Crippen LogP contribution in [-0.2, 0) is 0 Å². The molecule has 1 rings (SSSR count). The molecule has 0 amide bonds. The van der Waals surface area contributed by atoms with Crippen LogP contribution in [-0.4, -0.2) is 11.6 Å². The maximum absolute atomic E-state index is 8.64. The second-order valence-electron chi connectivity index (χ2n) is 2.44. The first kappa shape index (κ1) is 9.09. The van der Waals surface area contributed by atoms with E-state index in [9.17, 15) is 0 Å². The third-order valence-corrected chi connectivity index (χ3v) is 1.36. The molecule has 0 saturated heterocycles. The minimum Gasteiger partial charge on any atom is -0.464 e. The number of hydrogen-bond donors (Lipinski definition) is 0. The van der Waals surface area contributed by atoms with Crippen LogP contribution in [0.25, 0.3) is 0 Å². The Kier molecular flexibility index (Phi) is 2.89. The lowest BCUT2D eigenvalue weighted by atomic mass is 10.2. The fourth-order valence-electron chi connectivity index (χ4n) is 0.892. The van der Waals surface area contributed by atoms with Gasteiger partial charge in [-0.05, 0) is 13.0 Å². The van der Waals surface area contributed by atoms with Gasteiger partial charge in [-0.2, -0.15) is 5.26 Å². The van der Waals surface area contributed by atoms with Gasteiger partial charge >= 0.3 is 0 Å². The molecule has 0 unspecified atom stereocenters. The lowest BCUT2D eigenvalue weighted by molar-refractivity contribution is 0.354. The van der Waals surface area contributed by atoms with Gasteiger partial charge in [0.05, 0.1) is 11.6 Å². The number of nitriles is 1. The summed E-state index contributed by atoms with van der Waals surface area (Å²) in [4.78, 5) is 4.05. The lowest BCUT2D eigenvalue weighted by Gasteiger charge is -2.01. The van der Waals surface area contributed by atoms with Crippen LogP contribution in [0, 0.1) is 30.6 Å². The monoisotopic (exact) mass is 172 g/mol. The second-order valence-corrected chi connectivity index (χ2v) is 2.44. The molecule has 0 saturated carbocycles. The van der Waals surface area contributed by atoms with Crippen LogP contribution in [0.2, 0.25) is 0 Å². The fourth-order valence-corrected chi connectivity index (χ4v) is 0.892. The summed E-state index contributed by atoms with van der Waals surface area (Å²) in [7, 11) is 0. The van der Waals surface area contributed by atoms with Crippen molar-refractivity contribution in [2.24, 2.45) is 0 Å². The highest BCUT2D eigenvalue weighted by molar-refractivity contribution is 5.34. The molecule has 64 valence electrons. The predicted octanol–water partition coefficient (Wildman–Crippen LogP) is 1.27. The lowest BCUT2D eigenvalue weighted by Crippen LogP contribution is -1.97. The van der Waals surface area contributed by atoms with Crippen molar-refractivity contribution < 1.29 is 4.74 Å². The number of pyridine rings is 1. The van der Waals surface area contributed by atoms with Crippen molar-refractivity contribution >= 4 is 0 Å². The SMILES string of the molecule is C#CCOc1cc(C#N)cc(C)n1. The van der Waals surface area contributed by atoms with E-state index in [0.29, 0.717) is 11.4 Å². The van der Waals surface area contributed by atoms with E-state index < -0.39 is 0 Å². The van der Waals surface area contributed by atoms with Gasteiger partial charge in [0.2, 0.25) is 5.88 Å². The van der Waals surface area contributed by atoms with Crippen molar-refractivity contribution in [2.75, 3.05) is 6.61 Å². The highest BCUT2D eigenvalue weighted by Crippen LogP contribution is 2.10. The van der Waals surface area contributed by atoms with Crippen LogP contribution < -0.4 is 4.74 Å². The molecule has 0 radical (unpaired) electrons. The molecule has 0 aromatic carbocycles. The molecule has 1 heterocycles. The van der Waals surface area contributed by atoms with Gasteiger partial charge in [0, 0.05) is 11.8 Å². The highest BCUT2D eigenvalue weighted by Gasteiger charge is 1.99. The van der Waals surface area contributed by atoms with Crippen molar-refractivity contribution in [3.05, 3.63) is 23.4 Å². The average molecular weight is 172 g/mol. The van der Waals surface area contributed by atoms with Gasteiger partial charge in [0.1, 0.15) is 0 Å². The molecule has 0 bridgehead atoms. The molecule has 1 aromatic rings. The first-order valence-electron chi connectivity index (χ1n) is 3.71. The van der Waals surface area contributed by atoms with Gasteiger partial charge in [-0.25, -0.2) is 4.98 Å². The van der Waals surface area contributed by atoms with Crippen molar-refractivity contribution in [1.82, 2.24) is 4.98 Å². The summed E-state index contributed by atoms with van der Waals surface area (Å²) in [6, 6.07) is 5.26. The largest absolute Gasteiger partial charge is 0.464 e. The molecule has 1 aromatic heterocycles. The van der Waals surface area contributed by atoms with Crippen LogP contribution in [0.3, 0.4) is 0 Å². The van der Waals surface area contributed by atoms with E-state index in [-0.39, 0.29) is 6.61 Å². The molecule has 0 aliphatic heterocycles. The van der Waals surface area contributed by atoms with Gasteiger partial charge in [-0.3, -0.25) is 0 Å². The number of terminal acetylenes is 1. The Balaban J connectivity index is 2.91. The molecule has 0 N–H and O–H groups in total. The number of nitrogens with zero attached hydrogens (tertiary/aromatic N) is 2. The van der Waals surface area contributed by atoms with E-state index in [2.05, 4.69) is 10.9 Å². The summed E-state index contributed by atoms with van der Waals surface area (Å²) in [5.74, 6) is 2.73. The first-order chi connectivity index (χ1) is 6.26. The predicted molar refractivity (Wildman–Crippen MR) is 48.0 cm³/mol. The number of ether oxygens (including phenoxy) is 1. The molecule has 0 spiro atoms. The van der Waals surface area contributed by atoms with E-state index in [4.69, 9.17) is 16.4 Å². The molecule has 3 heteroatoms. The number of hydrogen-bond acceptors (Lipinski definition) is 3. The molecule has 13 heavy (non-hydrogen) atoms. The Hall–Kier alpha value is -2.00. The van der Waals surface area contributed by atoms with Crippen molar-refractivity contribution in [3.8, 4) is 24.3 Å². The average Bonchev–Trinajstić information content (AvgIpc) is 2.14. The van der Waals surface area contributed by atoms with E-state index in [1.807, 2.05) is 6.07 Å². The van der Waals surface area contributed by atoms with Crippen molar-refractivity contribution in [3.63, 3.8) is 0 Å². The normalized spacial score (nSPS) is 8.54. The van der Waals surface area contributed by atoms with E-state index in [1.165, 1.54) is 0 Å². The van der Waals surface area contributed by atoms with E-state index in [0.717, 1.165) is 5.69 Å². The number of aromatic nitrogens is 1. The van der Waals surface area contributed by atoms with Crippen LogP contribution >= 0.6 is 0 Å². The van der Waals surface area contributed by atoms with Crippen molar-refractivity contribution in [1.29, 1.82) is 5.26 Å². The van der Waals surface area contributed by atoms with Crippen molar-refractivity contribution in [2.45, 2.75) is 6.92 Å². The van der Waals surface area contributed by atoms with E-state index in [1.54, 1.807) is 19.1 Å². The van der Waals surface area contributed by atoms with E-state index >= 15 is 0 Å². The summed E-state index contributed by atoms with van der Waals surface area (Å²) in [5.41, 5.74) is 1.27. The van der Waals surface area contributed by atoms with Gasteiger partial charge < -0.3 is 4.74 Å². The van der Waals surface area contributed by atoms with Gasteiger partial charge in [-0.15, -0.1) is 6.42 Å². The Morgan fingerprint density at radius 1 is 1.62 bits per heavy atom. The molecular formula is C10H8N2O. The zero-order valence-corrected chi connectivity index (χ0v) is 7.24. The Bertz CT molecular complexity index is 385. The number of rotatable bonds is 2. The van der Waals surface area contributed by atoms with Gasteiger partial charge in [0.15, 0.2) is 6.61 Å². The van der Waals surface area contributed by atoms with Crippen LogP contribution in [0.15, 0.2) is 12.1 Å². The summed E-state index contributed by atoms with van der Waals surface area (Å²) >= 11 is 0. The maximum atomic E-state index is 8.64. The smallest absolute Gasteiger partial charge is 0.215 e. The topological polar surface area (TPSA) is 45.9 Å². The number of aryl methyl sites for hydroxylation is 1. The summed E-state index contributed by atoms with van der Waals surface area (Å²) < 4.78 is 5.08. The third kappa shape index (κ3) is 2.50. The second kappa shape index (κ2) is 4.13. The third-order valence-electron chi connectivity index (χ3n) is 1.36. The van der Waals surface area contributed by atoms with Crippen LogP contribution in [0.5, 0.6) is 5.88 Å². The van der Waals surface area contributed by atoms with Gasteiger partial charge in [0.25, 0.3) is 0 Å². The molecule has 0 fully saturated rings. The molecule has 0 aliphatic rings. The highest BCUT2D eigenvalue weighted by atomic mass is 16.5. The quantitative estimate of drug-likeness (QED) is 0.631. The molecule has 0 aliphatic carbocycles. The first-order valence-corrected chi connectivity index (χ1v) is 3.71. The Morgan fingerprint density at radius 3 is 3.00 bits per heavy atom. The Morgan fingerprint density at radius 2 is 2.38 bits per heavy atom. The van der Waals surface area contributed by atoms with Crippen LogP contribution in [0.1, 0.15) is 11.3 Å². The maximum Gasteiger partial charge on any atom is 0.215 e. The Labute approximate surface area is 77.0 Å². The van der Waals surface area contributed by atoms with Crippen LogP contribution in [0.4, 0.5) is 0 Å². The fraction of sp³-hybridized carbons (Fsp3) is 0.200. The standard InChI is InChI=1S/C10H8N2O/c1-3-4-13-10-6-9(7-11)5-8(2)12-10/h1,5-6H,4H2,2H3. The minimum atomic E-state index is 0.168. The summed E-state index contributed by atoms with van der Waals surface area (Å²) in [5, 5.41) is 8.64.